The van der Waals surface area contributed by atoms with Crippen LogP contribution in [0.2, 0.25) is 0 Å². The highest BCUT2D eigenvalue weighted by atomic mass is 16.5. The van der Waals surface area contributed by atoms with E-state index in [0.717, 1.165) is 24.1 Å². The zero-order chi connectivity index (χ0) is 19.3. The highest BCUT2D eigenvalue weighted by Crippen LogP contribution is 2.25. The van der Waals surface area contributed by atoms with Crippen LogP contribution in [0.4, 0.5) is 10.5 Å². The summed E-state index contributed by atoms with van der Waals surface area (Å²) >= 11 is 0. The highest BCUT2D eigenvalue weighted by Gasteiger charge is 2.21. The van der Waals surface area contributed by atoms with Crippen molar-refractivity contribution in [3.63, 3.8) is 0 Å². The van der Waals surface area contributed by atoms with Crippen LogP contribution in [0, 0.1) is 0 Å². The maximum absolute atomic E-state index is 12.5. The van der Waals surface area contributed by atoms with E-state index in [-0.39, 0.29) is 18.0 Å². The molecule has 1 aliphatic heterocycles. The first-order valence-corrected chi connectivity index (χ1v) is 9.75. The van der Waals surface area contributed by atoms with Gasteiger partial charge in [0.25, 0.3) is 5.91 Å². The lowest BCUT2D eigenvalue weighted by molar-refractivity contribution is 0.0950. The van der Waals surface area contributed by atoms with Crippen molar-refractivity contribution in [3.05, 3.63) is 53.7 Å². The molecule has 1 aliphatic carbocycles. The van der Waals surface area contributed by atoms with E-state index < -0.39 is 0 Å². The number of nitrogens with zero attached hydrogens (tertiary/aromatic N) is 2. The van der Waals surface area contributed by atoms with Gasteiger partial charge in [0.15, 0.2) is 0 Å². The summed E-state index contributed by atoms with van der Waals surface area (Å²) in [5.41, 5.74) is 2.20. The third-order valence-corrected chi connectivity index (χ3v) is 5.17. The number of nitrogens with one attached hydrogen (secondary N) is 2. The number of pyridine rings is 1. The Labute approximate surface area is 164 Å². The largest absolute Gasteiger partial charge is 0.474 e. The monoisotopic (exact) mass is 380 g/mol. The summed E-state index contributed by atoms with van der Waals surface area (Å²) in [7, 11) is 0. The van der Waals surface area contributed by atoms with Gasteiger partial charge in [-0.05, 0) is 56.0 Å². The van der Waals surface area contributed by atoms with Crippen molar-refractivity contribution in [3.8, 4) is 5.88 Å². The van der Waals surface area contributed by atoms with E-state index in [0.29, 0.717) is 31.1 Å². The van der Waals surface area contributed by atoms with Gasteiger partial charge in [-0.25, -0.2) is 9.78 Å². The average Bonchev–Trinajstić information content (AvgIpc) is 3.39. The van der Waals surface area contributed by atoms with E-state index in [9.17, 15) is 9.59 Å². The van der Waals surface area contributed by atoms with Crippen LogP contribution in [0.3, 0.4) is 0 Å². The number of rotatable bonds is 6. The number of hydrogen-bond donors (Lipinski definition) is 2. The van der Waals surface area contributed by atoms with Gasteiger partial charge in [-0.15, -0.1) is 0 Å². The summed E-state index contributed by atoms with van der Waals surface area (Å²) in [4.78, 5) is 30.2. The van der Waals surface area contributed by atoms with E-state index >= 15 is 0 Å². The number of benzene rings is 1. The molecule has 7 nitrogen and oxygen atoms in total. The summed E-state index contributed by atoms with van der Waals surface area (Å²) in [6.45, 7) is 1.62. The average molecular weight is 380 g/mol. The van der Waals surface area contributed by atoms with Gasteiger partial charge < -0.3 is 15.4 Å². The predicted molar refractivity (Wildman–Crippen MR) is 105 cm³/mol. The first-order valence-electron chi connectivity index (χ1n) is 9.75. The van der Waals surface area contributed by atoms with Crippen molar-refractivity contribution in [1.82, 2.24) is 15.6 Å². The van der Waals surface area contributed by atoms with Crippen LogP contribution in [0.15, 0.2) is 42.6 Å². The van der Waals surface area contributed by atoms with Crippen LogP contribution >= 0.6 is 0 Å². The van der Waals surface area contributed by atoms with E-state index in [1.54, 1.807) is 35.4 Å². The quantitative estimate of drug-likeness (QED) is 0.807. The van der Waals surface area contributed by atoms with E-state index in [1.807, 2.05) is 12.1 Å². The molecule has 146 valence electrons. The maximum Gasteiger partial charge on any atom is 0.321 e. The second-order valence-corrected chi connectivity index (χ2v) is 7.11. The van der Waals surface area contributed by atoms with Crippen LogP contribution in [-0.4, -0.2) is 36.1 Å². The van der Waals surface area contributed by atoms with E-state index in [1.165, 1.54) is 12.8 Å². The number of anilines is 1. The number of aromatic nitrogens is 1. The zero-order valence-corrected chi connectivity index (χ0v) is 15.7. The second kappa shape index (κ2) is 8.29. The lowest BCUT2D eigenvalue weighted by atomic mass is 10.1. The van der Waals surface area contributed by atoms with Crippen molar-refractivity contribution in [2.75, 3.05) is 18.0 Å². The lowest BCUT2D eigenvalue weighted by Crippen LogP contribution is -2.28. The Balaban J connectivity index is 1.37. The molecule has 1 saturated carbocycles. The van der Waals surface area contributed by atoms with Gasteiger partial charge in [0.05, 0.1) is 0 Å². The van der Waals surface area contributed by atoms with Crippen molar-refractivity contribution < 1.29 is 14.3 Å². The molecule has 3 amide bonds. The van der Waals surface area contributed by atoms with Crippen molar-refractivity contribution in [2.24, 2.45) is 0 Å². The molecule has 1 saturated heterocycles. The van der Waals surface area contributed by atoms with Crippen LogP contribution < -0.4 is 20.3 Å². The van der Waals surface area contributed by atoms with Crippen molar-refractivity contribution in [1.29, 1.82) is 0 Å². The number of carbonyl (C=O) groups excluding carboxylic acids is 2. The Morgan fingerprint density at radius 2 is 2.00 bits per heavy atom. The van der Waals surface area contributed by atoms with E-state index in [4.69, 9.17) is 4.74 Å². The smallest absolute Gasteiger partial charge is 0.321 e. The number of ether oxygens (including phenoxy) is 1. The minimum atomic E-state index is -0.173. The predicted octanol–water partition coefficient (Wildman–Crippen LogP) is 2.86. The Morgan fingerprint density at radius 3 is 2.71 bits per heavy atom. The fraction of sp³-hybridized carbons (Fsp3) is 0.381. The normalized spacial score (nSPS) is 16.9. The zero-order valence-electron chi connectivity index (χ0n) is 15.7. The summed E-state index contributed by atoms with van der Waals surface area (Å²) in [6, 6.07) is 10.7. The number of urea groups is 1. The molecule has 0 bridgehead atoms. The summed E-state index contributed by atoms with van der Waals surface area (Å²) in [6.07, 6.45) is 6.44. The van der Waals surface area contributed by atoms with Gasteiger partial charge >= 0.3 is 6.03 Å². The molecule has 7 heteroatoms. The molecule has 2 fully saturated rings. The van der Waals surface area contributed by atoms with Gasteiger partial charge in [0.1, 0.15) is 6.10 Å². The van der Waals surface area contributed by atoms with Gasteiger partial charge in [0, 0.05) is 42.6 Å². The fourth-order valence-electron chi connectivity index (χ4n) is 3.62. The van der Waals surface area contributed by atoms with Crippen LogP contribution in [0.25, 0.3) is 0 Å². The summed E-state index contributed by atoms with van der Waals surface area (Å²) in [5.74, 6) is 0.429. The first kappa shape index (κ1) is 18.3. The Kier molecular flexibility index (Phi) is 5.41. The van der Waals surface area contributed by atoms with E-state index in [2.05, 4.69) is 15.6 Å². The van der Waals surface area contributed by atoms with Crippen LogP contribution in [-0.2, 0) is 6.54 Å². The van der Waals surface area contributed by atoms with Crippen molar-refractivity contribution in [2.45, 2.75) is 38.3 Å². The molecule has 0 spiro atoms. The van der Waals surface area contributed by atoms with Crippen molar-refractivity contribution >= 4 is 17.6 Å². The van der Waals surface area contributed by atoms with Gasteiger partial charge in [0.2, 0.25) is 5.88 Å². The molecule has 0 radical (unpaired) electrons. The molecular weight excluding hydrogens is 356 g/mol. The summed E-state index contributed by atoms with van der Waals surface area (Å²) < 4.78 is 6.02. The number of hydrogen-bond acceptors (Lipinski definition) is 4. The Hall–Kier alpha value is -3.09. The third-order valence-electron chi connectivity index (χ3n) is 5.17. The molecule has 0 atom stereocenters. The lowest BCUT2D eigenvalue weighted by Gasteiger charge is -2.16. The fourth-order valence-corrected chi connectivity index (χ4v) is 3.62. The number of carbonyl (C=O) groups is 2. The highest BCUT2D eigenvalue weighted by molar-refractivity contribution is 5.97. The molecular formula is C21H24N4O3. The van der Waals surface area contributed by atoms with Gasteiger partial charge in [-0.1, -0.05) is 6.07 Å². The number of amides is 3. The third kappa shape index (κ3) is 4.08. The molecule has 2 aromatic rings. The summed E-state index contributed by atoms with van der Waals surface area (Å²) in [5, 5.41) is 5.69. The second-order valence-electron chi connectivity index (χ2n) is 7.11. The standard InChI is InChI=1S/C21H24N4O3/c26-19(15-7-9-17(10-8-15)25-13-12-23-21(25)27)24-14-16-4-3-11-22-20(16)28-18-5-1-2-6-18/h3-4,7-11,18H,1-2,5-6,12-14H2,(H,23,27)(H,24,26). The van der Waals surface area contributed by atoms with Gasteiger partial charge in [-0.3, -0.25) is 9.69 Å². The maximum atomic E-state index is 12.5. The first-order chi connectivity index (χ1) is 13.7. The molecule has 28 heavy (non-hydrogen) atoms. The molecule has 1 aromatic carbocycles. The molecule has 1 aromatic heterocycles. The molecule has 4 rings (SSSR count). The molecule has 2 aliphatic rings. The minimum absolute atomic E-state index is 0.108. The molecule has 2 heterocycles. The van der Waals surface area contributed by atoms with Gasteiger partial charge in [-0.2, -0.15) is 0 Å². The molecule has 2 N–H and O–H groups in total. The Morgan fingerprint density at radius 1 is 1.21 bits per heavy atom. The minimum Gasteiger partial charge on any atom is -0.474 e. The van der Waals surface area contributed by atoms with Crippen LogP contribution in [0.1, 0.15) is 41.6 Å². The topological polar surface area (TPSA) is 83.6 Å². The molecule has 0 unspecified atom stereocenters. The Bertz CT molecular complexity index is 847. The SMILES string of the molecule is O=C(NCc1cccnc1OC1CCCC1)c1ccc(N2CCNC2=O)cc1. The van der Waals surface area contributed by atoms with Crippen LogP contribution in [0.5, 0.6) is 5.88 Å².